The second-order valence-electron chi connectivity index (χ2n) is 5.82. The van der Waals surface area contributed by atoms with E-state index in [-0.39, 0.29) is 27.4 Å². The summed E-state index contributed by atoms with van der Waals surface area (Å²) in [5.41, 5.74) is 1.46. The van der Waals surface area contributed by atoms with Gasteiger partial charge in [0.25, 0.3) is 15.9 Å². The summed E-state index contributed by atoms with van der Waals surface area (Å²) < 4.78 is 28.6. The fraction of sp³-hybridized carbons (Fsp3) is 0.105. The van der Waals surface area contributed by atoms with Crippen molar-refractivity contribution < 1.29 is 13.2 Å². The molecule has 0 saturated carbocycles. The smallest absolute Gasteiger partial charge is 0.271 e. The molecule has 0 unspecified atom stereocenters. The zero-order valence-electron chi connectivity index (χ0n) is 14.3. The van der Waals surface area contributed by atoms with Crippen LogP contribution in [0.15, 0.2) is 74.7 Å². The maximum Gasteiger partial charge on any atom is 0.271 e. The van der Waals surface area contributed by atoms with E-state index in [4.69, 9.17) is 0 Å². The van der Waals surface area contributed by atoms with Crippen molar-refractivity contribution in [2.75, 3.05) is 4.72 Å². The number of carbonyl (C=O) groups is 1. The lowest BCUT2D eigenvalue weighted by Gasteiger charge is -2.16. The zero-order valence-corrected chi connectivity index (χ0v) is 17.6. The van der Waals surface area contributed by atoms with Gasteiger partial charge < -0.3 is 5.32 Å². The van der Waals surface area contributed by atoms with Gasteiger partial charge in [-0.3, -0.25) is 9.52 Å². The van der Waals surface area contributed by atoms with Crippen molar-refractivity contribution in [2.24, 2.45) is 0 Å². The largest absolute Gasteiger partial charge is 0.345 e. The Bertz CT molecular complexity index is 1050. The number of hydrogen-bond acceptors (Lipinski definition) is 4. The Morgan fingerprint density at radius 1 is 1.00 bits per heavy atom. The molecule has 0 aliphatic heterocycles. The number of amides is 1. The quantitative estimate of drug-likeness (QED) is 0.549. The van der Waals surface area contributed by atoms with Crippen LogP contribution in [0.25, 0.3) is 0 Å². The highest BCUT2D eigenvalue weighted by molar-refractivity contribution is 9.11. The standard InChI is InChI=1S/C19H17BrN2O3S2/c1-13(14-7-3-2-4-8-14)21-19(23)15-9-5-6-10-16(15)22-27(24,25)18-12-11-17(20)26-18/h2-13,22H,1H3,(H,21,23)/t13-/m0/s1. The molecule has 1 amide bonds. The SMILES string of the molecule is C[C@H](NC(=O)c1ccccc1NS(=O)(=O)c1ccc(Br)s1)c1ccccc1. The van der Waals surface area contributed by atoms with E-state index in [2.05, 4.69) is 26.0 Å². The van der Waals surface area contributed by atoms with Gasteiger partial charge in [-0.15, -0.1) is 11.3 Å². The average Bonchev–Trinajstić information content (AvgIpc) is 3.10. The fourth-order valence-electron chi connectivity index (χ4n) is 2.51. The molecule has 0 bridgehead atoms. The maximum absolute atomic E-state index is 12.7. The molecule has 1 aromatic heterocycles. The van der Waals surface area contributed by atoms with Crippen LogP contribution in [-0.2, 0) is 10.0 Å². The summed E-state index contributed by atoms with van der Waals surface area (Å²) in [6, 6.07) is 19.1. The third-order valence-electron chi connectivity index (χ3n) is 3.88. The van der Waals surface area contributed by atoms with Crippen LogP contribution in [0, 0.1) is 0 Å². The van der Waals surface area contributed by atoms with Crippen molar-refractivity contribution in [3.8, 4) is 0 Å². The lowest BCUT2D eigenvalue weighted by atomic mass is 10.1. The predicted octanol–water partition coefficient (Wildman–Crippen LogP) is 4.80. The monoisotopic (exact) mass is 464 g/mol. The van der Waals surface area contributed by atoms with Gasteiger partial charge in [0.2, 0.25) is 0 Å². The summed E-state index contributed by atoms with van der Waals surface area (Å²) >= 11 is 4.36. The molecule has 0 saturated heterocycles. The molecule has 5 nitrogen and oxygen atoms in total. The first-order chi connectivity index (χ1) is 12.9. The summed E-state index contributed by atoms with van der Waals surface area (Å²) in [6.07, 6.45) is 0. The van der Waals surface area contributed by atoms with E-state index in [1.54, 1.807) is 30.3 Å². The van der Waals surface area contributed by atoms with Gasteiger partial charge in [0.05, 0.1) is 21.1 Å². The van der Waals surface area contributed by atoms with Gasteiger partial charge in [0, 0.05) is 0 Å². The Morgan fingerprint density at radius 3 is 2.33 bits per heavy atom. The highest BCUT2D eigenvalue weighted by atomic mass is 79.9. The predicted molar refractivity (Wildman–Crippen MR) is 112 cm³/mol. The molecule has 0 aliphatic rings. The highest BCUT2D eigenvalue weighted by Crippen LogP contribution is 2.28. The molecule has 1 heterocycles. The van der Waals surface area contributed by atoms with Crippen LogP contribution < -0.4 is 10.0 Å². The number of nitrogens with one attached hydrogen (secondary N) is 2. The summed E-state index contributed by atoms with van der Waals surface area (Å²) in [7, 11) is -3.77. The number of hydrogen-bond donors (Lipinski definition) is 2. The second kappa shape index (κ2) is 8.24. The van der Waals surface area contributed by atoms with E-state index >= 15 is 0 Å². The number of anilines is 1. The van der Waals surface area contributed by atoms with Crippen molar-refractivity contribution in [3.63, 3.8) is 0 Å². The first-order valence-electron chi connectivity index (χ1n) is 8.10. The molecule has 140 valence electrons. The molecule has 27 heavy (non-hydrogen) atoms. The van der Waals surface area contributed by atoms with Crippen LogP contribution in [-0.4, -0.2) is 14.3 Å². The van der Waals surface area contributed by atoms with Crippen molar-refractivity contribution in [3.05, 3.63) is 81.6 Å². The van der Waals surface area contributed by atoms with Crippen LogP contribution in [0.3, 0.4) is 0 Å². The number of benzene rings is 2. The molecule has 3 rings (SSSR count). The molecule has 0 spiro atoms. The van der Waals surface area contributed by atoms with Gasteiger partial charge in [-0.25, -0.2) is 8.42 Å². The topological polar surface area (TPSA) is 75.3 Å². The van der Waals surface area contributed by atoms with E-state index in [1.807, 2.05) is 37.3 Å². The molecule has 2 N–H and O–H groups in total. The van der Waals surface area contributed by atoms with Gasteiger partial charge in [-0.2, -0.15) is 0 Å². The normalized spacial score (nSPS) is 12.4. The maximum atomic E-state index is 12.7. The Kier molecular flexibility index (Phi) is 5.98. The average molecular weight is 465 g/mol. The Labute approximate surface area is 170 Å². The number of para-hydroxylation sites is 1. The van der Waals surface area contributed by atoms with Gasteiger partial charge in [0.1, 0.15) is 4.21 Å². The Balaban J connectivity index is 1.82. The lowest BCUT2D eigenvalue weighted by molar-refractivity contribution is 0.0941. The third-order valence-corrected chi connectivity index (χ3v) is 7.36. The second-order valence-corrected chi connectivity index (χ2v) is 10.2. The van der Waals surface area contributed by atoms with Crippen molar-refractivity contribution >= 4 is 48.9 Å². The van der Waals surface area contributed by atoms with Gasteiger partial charge in [-0.1, -0.05) is 42.5 Å². The third kappa shape index (κ3) is 4.77. The van der Waals surface area contributed by atoms with Crippen molar-refractivity contribution in [2.45, 2.75) is 17.2 Å². The zero-order chi connectivity index (χ0) is 19.4. The number of carbonyl (C=O) groups excluding carboxylic acids is 1. The molecular formula is C19H17BrN2O3S2. The minimum atomic E-state index is -3.77. The lowest BCUT2D eigenvalue weighted by Crippen LogP contribution is -2.27. The van der Waals surface area contributed by atoms with Crippen LogP contribution in [0.5, 0.6) is 0 Å². The minimum Gasteiger partial charge on any atom is -0.345 e. The van der Waals surface area contributed by atoms with Crippen LogP contribution >= 0.6 is 27.3 Å². The fourth-order valence-corrected chi connectivity index (χ4v) is 5.60. The summed E-state index contributed by atoms with van der Waals surface area (Å²) in [6.45, 7) is 1.88. The number of halogens is 1. The summed E-state index contributed by atoms with van der Waals surface area (Å²) in [5.74, 6) is -0.350. The van der Waals surface area contributed by atoms with Gasteiger partial charge in [0.15, 0.2) is 0 Å². The summed E-state index contributed by atoms with van der Waals surface area (Å²) in [5, 5.41) is 2.90. The molecule has 0 fully saturated rings. The molecule has 3 aromatic rings. The first-order valence-corrected chi connectivity index (χ1v) is 11.2. The molecule has 0 aliphatic carbocycles. The van der Waals surface area contributed by atoms with Crippen LogP contribution in [0.4, 0.5) is 5.69 Å². The molecule has 8 heteroatoms. The molecular weight excluding hydrogens is 448 g/mol. The van der Waals surface area contributed by atoms with E-state index in [1.165, 1.54) is 6.07 Å². The van der Waals surface area contributed by atoms with Gasteiger partial charge in [-0.05, 0) is 52.7 Å². The summed E-state index contributed by atoms with van der Waals surface area (Å²) in [4.78, 5) is 12.7. The van der Waals surface area contributed by atoms with Crippen LogP contribution in [0.2, 0.25) is 0 Å². The van der Waals surface area contributed by atoms with Crippen molar-refractivity contribution in [1.29, 1.82) is 0 Å². The molecule has 1 atom stereocenters. The van der Waals surface area contributed by atoms with E-state index in [0.29, 0.717) is 3.79 Å². The van der Waals surface area contributed by atoms with Crippen LogP contribution in [0.1, 0.15) is 28.9 Å². The number of rotatable bonds is 6. The number of thiophene rings is 1. The Hall–Kier alpha value is -2.16. The number of sulfonamides is 1. The van der Waals surface area contributed by atoms with E-state index < -0.39 is 10.0 Å². The molecule has 2 aromatic carbocycles. The van der Waals surface area contributed by atoms with Gasteiger partial charge >= 0.3 is 0 Å². The van der Waals surface area contributed by atoms with Crippen molar-refractivity contribution in [1.82, 2.24) is 5.32 Å². The first kappa shape index (κ1) is 19.6. The Morgan fingerprint density at radius 2 is 1.67 bits per heavy atom. The van der Waals surface area contributed by atoms with E-state index in [9.17, 15) is 13.2 Å². The van der Waals surface area contributed by atoms with E-state index in [0.717, 1.165) is 16.9 Å². The minimum absolute atomic E-state index is 0.169. The molecule has 0 radical (unpaired) electrons. The highest BCUT2D eigenvalue weighted by Gasteiger charge is 2.21.